The van der Waals surface area contributed by atoms with Gasteiger partial charge in [0.05, 0.1) is 6.61 Å². The molecule has 8 heavy (non-hydrogen) atoms. The van der Waals surface area contributed by atoms with Gasteiger partial charge in [0.1, 0.15) is 0 Å². The summed E-state index contributed by atoms with van der Waals surface area (Å²) in [7, 11) is 0. The first-order valence-corrected chi connectivity index (χ1v) is 3.11. The molecule has 50 valence electrons. The lowest BCUT2D eigenvalue weighted by Crippen LogP contribution is -2.04. The summed E-state index contributed by atoms with van der Waals surface area (Å²) in [6, 6.07) is 0. The summed E-state index contributed by atoms with van der Waals surface area (Å²) in [6.07, 6.45) is 2.16. The highest BCUT2D eigenvalue weighted by molar-refractivity contribution is 4.49. The molecular formula is C6H14O2. The normalized spacial score (nSPS) is 10.5. The molecule has 0 heterocycles. The van der Waals surface area contributed by atoms with Crippen molar-refractivity contribution in [2.45, 2.75) is 26.7 Å². The Labute approximate surface area is 50.4 Å². The number of rotatable bonds is 4. The first-order chi connectivity index (χ1) is 3.85. The zero-order valence-electron chi connectivity index (χ0n) is 5.55. The number of hydrogen-bond donors (Lipinski definition) is 1. The Morgan fingerprint density at radius 1 is 1.38 bits per heavy atom. The molecule has 2 heteroatoms. The molecule has 0 saturated carbocycles. The molecular weight excluding hydrogens is 104 g/mol. The third kappa shape index (κ3) is 2.99. The van der Waals surface area contributed by atoms with Crippen LogP contribution in [0, 0.1) is 5.92 Å². The summed E-state index contributed by atoms with van der Waals surface area (Å²) in [6.45, 7) is 4.66. The molecule has 0 radical (unpaired) electrons. The van der Waals surface area contributed by atoms with Crippen LogP contribution < -0.4 is 0 Å². The van der Waals surface area contributed by atoms with Gasteiger partial charge in [0.2, 0.25) is 0 Å². The van der Waals surface area contributed by atoms with Crippen molar-refractivity contribution in [2.75, 3.05) is 6.61 Å². The molecule has 0 aromatic rings. The van der Waals surface area contributed by atoms with Gasteiger partial charge in [0, 0.05) is 0 Å². The first-order valence-electron chi connectivity index (χ1n) is 3.11. The van der Waals surface area contributed by atoms with Crippen molar-refractivity contribution < 1.29 is 10.1 Å². The lowest BCUT2D eigenvalue weighted by molar-refractivity contribution is -0.251. The quantitative estimate of drug-likeness (QED) is 0.451. The summed E-state index contributed by atoms with van der Waals surface area (Å²) < 4.78 is 0. The van der Waals surface area contributed by atoms with Crippen molar-refractivity contribution in [3.63, 3.8) is 0 Å². The molecule has 0 aliphatic rings. The van der Waals surface area contributed by atoms with Crippen LogP contribution in [0.4, 0.5) is 0 Å². The second-order valence-corrected chi connectivity index (χ2v) is 1.98. The molecule has 0 amide bonds. The van der Waals surface area contributed by atoms with E-state index in [0.717, 1.165) is 12.8 Å². The molecule has 1 N–H and O–H groups in total. The van der Waals surface area contributed by atoms with Crippen molar-refractivity contribution in [2.24, 2.45) is 5.92 Å². The van der Waals surface area contributed by atoms with Crippen molar-refractivity contribution in [1.29, 1.82) is 0 Å². The zero-order chi connectivity index (χ0) is 6.41. The molecule has 0 rings (SSSR count). The Hall–Kier alpha value is -0.0800. The Morgan fingerprint density at radius 2 is 1.88 bits per heavy atom. The molecule has 0 bridgehead atoms. The smallest absolute Gasteiger partial charge is 0.0847 e. The van der Waals surface area contributed by atoms with E-state index >= 15 is 0 Å². The second kappa shape index (κ2) is 5.06. The van der Waals surface area contributed by atoms with Crippen LogP contribution >= 0.6 is 0 Å². The van der Waals surface area contributed by atoms with Crippen LogP contribution in [-0.4, -0.2) is 11.9 Å². The van der Waals surface area contributed by atoms with Gasteiger partial charge in [0.15, 0.2) is 0 Å². The van der Waals surface area contributed by atoms with Gasteiger partial charge < -0.3 is 0 Å². The van der Waals surface area contributed by atoms with E-state index in [1.165, 1.54) is 0 Å². The predicted octanol–water partition coefficient (Wildman–Crippen LogP) is 1.91. The second-order valence-electron chi connectivity index (χ2n) is 1.98. The van der Waals surface area contributed by atoms with Gasteiger partial charge >= 0.3 is 0 Å². The minimum absolute atomic E-state index is 0.479. The van der Waals surface area contributed by atoms with Gasteiger partial charge in [-0.2, -0.15) is 0 Å². The van der Waals surface area contributed by atoms with Gasteiger partial charge in [0.25, 0.3) is 0 Å². The minimum Gasteiger partial charge on any atom is -0.252 e. The highest BCUT2D eigenvalue weighted by Gasteiger charge is 2.00. The van der Waals surface area contributed by atoms with E-state index in [1.807, 2.05) is 0 Å². The van der Waals surface area contributed by atoms with Crippen molar-refractivity contribution >= 4 is 0 Å². The van der Waals surface area contributed by atoms with Gasteiger partial charge in [-0.15, -0.1) is 0 Å². The first kappa shape index (κ1) is 7.92. The topological polar surface area (TPSA) is 29.5 Å². The monoisotopic (exact) mass is 118 g/mol. The van der Waals surface area contributed by atoms with Gasteiger partial charge in [-0.05, 0) is 5.92 Å². The molecule has 0 unspecified atom stereocenters. The van der Waals surface area contributed by atoms with E-state index < -0.39 is 0 Å². The Morgan fingerprint density at radius 3 is 2.00 bits per heavy atom. The number of hydrogen-bond acceptors (Lipinski definition) is 2. The van der Waals surface area contributed by atoms with E-state index in [1.54, 1.807) is 0 Å². The molecule has 0 fully saturated rings. The summed E-state index contributed by atoms with van der Waals surface area (Å²) in [5, 5.41) is 8.00. The van der Waals surface area contributed by atoms with Gasteiger partial charge in [-0.3, -0.25) is 5.26 Å². The van der Waals surface area contributed by atoms with Crippen molar-refractivity contribution in [3.8, 4) is 0 Å². The lowest BCUT2D eigenvalue weighted by atomic mass is 10.1. The minimum atomic E-state index is 0.479. The van der Waals surface area contributed by atoms with Crippen LogP contribution in [0.15, 0.2) is 0 Å². The molecule has 0 aliphatic carbocycles. The van der Waals surface area contributed by atoms with E-state index in [0.29, 0.717) is 12.5 Å². The Kier molecular flexibility index (Phi) is 5.01. The zero-order valence-corrected chi connectivity index (χ0v) is 5.55. The fraction of sp³-hybridized carbons (Fsp3) is 1.00. The molecule has 0 spiro atoms. The van der Waals surface area contributed by atoms with Gasteiger partial charge in [-0.1, -0.05) is 26.7 Å². The standard InChI is InChI=1S/C6H14O2/c1-3-6(4-2)5-8-7/h6-7H,3-5H2,1-2H3. The fourth-order valence-electron chi connectivity index (χ4n) is 0.630. The van der Waals surface area contributed by atoms with Crippen LogP contribution in [0.5, 0.6) is 0 Å². The molecule has 2 nitrogen and oxygen atoms in total. The van der Waals surface area contributed by atoms with Crippen LogP contribution in [0.3, 0.4) is 0 Å². The molecule has 0 aromatic heterocycles. The van der Waals surface area contributed by atoms with Crippen molar-refractivity contribution in [3.05, 3.63) is 0 Å². The Balaban J connectivity index is 3.07. The van der Waals surface area contributed by atoms with E-state index in [9.17, 15) is 0 Å². The van der Waals surface area contributed by atoms with Crippen LogP contribution in [0.2, 0.25) is 0 Å². The van der Waals surface area contributed by atoms with Crippen LogP contribution in [0.1, 0.15) is 26.7 Å². The Bertz CT molecular complexity index is 41.8. The third-order valence-corrected chi connectivity index (χ3v) is 1.46. The molecule has 0 saturated heterocycles. The molecule has 0 aliphatic heterocycles. The maximum atomic E-state index is 8.00. The highest BCUT2D eigenvalue weighted by Crippen LogP contribution is 2.05. The summed E-state index contributed by atoms with van der Waals surface area (Å²) in [4.78, 5) is 3.99. The van der Waals surface area contributed by atoms with Crippen LogP contribution in [0.25, 0.3) is 0 Å². The largest absolute Gasteiger partial charge is 0.252 e. The average molecular weight is 118 g/mol. The maximum absolute atomic E-state index is 8.00. The van der Waals surface area contributed by atoms with E-state index in [-0.39, 0.29) is 0 Å². The summed E-state index contributed by atoms with van der Waals surface area (Å²) in [5.74, 6) is 0.528. The predicted molar refractivity (Wildman–Crippen MR) is 32.7 cm³/mol. The summed E-state index contributed by atoms with van der Waals surface area (Å²) >= 11 is 0. The third-order valence-electron chi connectivity index (χ3n) is 1.46. The fourth-order valence-corrected chi connectivity index (χ4v) is 0.630. The highest BCUT2D eigenvalue weighted by atomic mass is 17.1. The lowest BCUT2D eigenvalue weighted by Gasteiger charge is -2.07. The SMILES string of the molecule is CCC(CC)COO. The average Bonchev–Trinajstić information content (AvgIpc) is 1.83. The van der Waals surface area contributed by atoms with Crippen molar-refractivity contribution in [1.82, 2.24) is 0 Å². The van der Waals surface area contributed by atoms with E-state index in [2.05, 4.69) is 18.7 Å². The summed E-state index contributed by atoms with van der Waals surface area (Å²) in [5.41, 5.74) is 0. The molecule has 0 atom stereocenters. The molecule has 0 aromatic carbocycles. The van der Waals surface area contributed by atoms with Gasteiger partial charge in [-0.25, -0.2) is 4.89 Å². The maximum Gasteiger partial charge on any atom is 0.0847 e. The van der Waals surface area contributed by atoms with E-state index in [4.69, 9.17) is 5.26 Å². The van der Waals surface area contributed by atoms with Crippen LogP contribution in [-0.2, 0) is 4.89 Å².